The monoisotopic (exact) mass is 176 g/mol. The average Bonchev–Trinajstić information content (AvgIpc) is 2.41. The summed E-state index contributed by atoms with van der Waals surface area (Å²) in [6.07, 6.45) is 1.63. The van der Waals surface area contributed by atoms with Gasteiger partial charge in [-0.2, -0.15) is 5.10 Å². The van der Waals surface area contributed by atoms with Crippen LogP contribution in [0.3, 0.4) is 0 Å². The van der Waals surface area contributed by atoms with Crippen LogP contribution >= 0.6 is 0 Å². The third-order valence-electron chi connectivity index (χ3n) is 2.00. The Morgan fingerprint density at radius 1 is 1.62 bits per heavy atom. The highest BCUT2D eigenvalue weighted by atomic mass is 16.2. The molecule has 1 amide bonds. The molecule has 1 aromatic heterocycles. The number of likely N-dealkylation sites (N-methyl/N-ethyl adjacent to an activating group) is 1. The number of fused-ring (bicyclic) bond motifs is 1. The van der Waals surface area contributed by atoms with Gasteiger partial charge in [0, 0.05) is 13.2 Å². The number of nitrogens with two attached hydrogens (primary N) is 1. The summed E-state index contributed by atoms with van der Waals surface area (Å²) in [4.78, 5) is 17.0. The molecule has 5 nitrogen and oxygen atoms in total. The maximum Gasteiger partial charge on any atom is 0.280 e. The van der Waals surface area contributed by atoms with Gasteiger partial charge in [-0.15, -0.1) is 0 Å². The molecule has 0 unspecified atom stereocenters. The predicted molar refractivity (Wildman–Crippen MR) is 48.4 cm³/mol. The van der Waals surface area contributed by atoms with E-state index < -0.39 is 0 Å². The number of carbonyl (C=O) groups is 1. The fraction of sp³-hybridized carbons (Fsp3) is 0.125. The van der Waals surface area contributed by atoms with Crippen molar-refractivity contribution in [1.82, 2.24) is 4.98 Å². The van der Waals surface area contributed by atoms with Crippen LogP contribution in [0.4, 0.5) is 5.82 Å². The summed E-state index contributed by atoms with van der Waals surface area (Å²) in [5.41, 5.74) is 0.961. The molecule has 2 rings (SSSR count). The van der Waals surface area contributed by atoms with E-state index in [2.05, 4.69) is 10.1 Å². The summed E-state index contributed by atoms with van der Waals surface area (Å²) in [5.74, 6) is 5.51. The van der Waals surface area contributed by atoms with Crippen molar-refractivity contribution < 1.29 is 4.79 Å². The van der Waals surface area contributed by atoms with Gasteiger partial charge >= 0.3 is 0 Å². The lowest BCUT2D eigenvalue weighted by atomic mass is 10.2. The Hall–Kier alpha value is -1.91. The van der Waals surface area contributed by atoms with Crippen molar-refractivity contribution in [1.29, 1.82) is 0 Å². The van der Waals surface area contributed by atoms with Crippen LogP contribution in [0.1, 0.15) is 5.56 Å². The molecular formula is C8H8N4O. The minimum Gasteiger partial charge on any atom is -0.322 e. The van der Waals surface area contributed by atoms with E-state index in [0.29, 0.717) is 11.4 Å². The highest BCUT2D eigenvalue weighted by Crippen LogP contribution is 2.24. The Bertz CT molecular complexity index is 399. The first-order valence-electron chi connectivity index (χ1n) is 3.77. The summed E-state index contributed by atoms with van der Waals surface area (Å²) in [6.45, 7) is 0. The van der Waals surface area contributed by atoms with Crippen molar-refractivity contribution >= 4 is 17.4 Å². The van der Waals surface area contributed by atoms with E-state index in [1.807, 2.05) is 0 Å². The largest absolute Gasteiger partial charge is 0.322 e. The maximum atomic E-state index is 11.5. The summed E-state index contributed by atoms with van der Waals surface area (Å²) < 4.78 is 0. The zero-order valence-corrected chi connectivity index (χ0v) is 7.06. The van der Waals surface area contributed by atoms with E-state index in [1.54, 1.807) is 25.4 Å². The minimum atomic E-state index is -0.212. The predicted octanol–water partition coefficient (Wildman–Crippen LogP) is -0.279. The molecule has 1 aromatic rings. The third kappa shape index (κ3) is 0.900. The Balaban J connectivity index is 2.67. The number of carbonyl (C=O) groups excluding carboxylic acids is 1. The highest BCUT2D eigenvalue weighted by molar-refractivity contribution is 6.53. The van der Waals surface area contributed by atoms with Gasteiger partial charge in [0.2, 0.25) is 0 Å². The van der Waals surface area contributed by atoms with Crippen molar-refractivity contribution in [2.75, 3.05) is 11.9 Å². The van der Waals surface area contributed by atoms with Crippen LogP contribution in [0, 0.1) is 0 Å². The molecule has 0 spiro atoms. The van der Waals surface area contributed by atoms with E-state index in [0.717, 1.165) is 0 Å². The van der Waals surface area contributed by atoms with Crippen LogP contribution in [0.5, 0.6) is 0 Å². The number of nitrogens with zero attached hydrogens (tertiary/aromatic N) is 3. The molecule has 0 saturated carbocycles. The molecule has 0 radical (unpaired) electrons. The average molecular weight is 176 g/mol. The first kappa shape index (κ1) is 7.72. The van der Waals surface area contributed by atoms with Gasteiger partial charge in [0.05, 0.1) is 5.56 Å². The van der Waals surface area contributed by atoms with Crippen molar-refractivity contribution in [3.63, 3.8) is 0 Å². The van der Waals surface area contributed by atoms with Gasteiger partial charge in [0.1, 0.15) is 5.82 Å². The van der Waals surface area contributed by atoms with Gasteiger partial charge in [-0.1, -0.05) is 0 Å². The molecule has 2 N–H and O–H groups in total. The molecule has 0 aliphatic carbocycles. The fourth-order valence-electron chi connectivity index (χ4n) is 1.34. The molecule has 66 valence electrons. The van der Waals surface area contributed by atoms with E-state index in [9.17, 15) is 4.79 Å². The Labute approximate surface area is 74.9 Å². The van der Waals surface area contributed by atoms with E-state index >= 15 is 0 Å². The Kier molecular flexibility index (Phi) is 1.51. The summed E-state index contributed by atoms with van der Waals surface area (Å²) >= 11 is 0. The van der Waals surface area contributed by atoms with Crippen molar-refractivity contribution in [2.24, 2.45) is 10.9 Å². The smallest absolute Gasteiger partial charge is 0.280 e. The second-order valence-corrected chi connectivity index (χ2v) is 2.72. The Morgan fingerprint density at radius 3 is 3.08 bits per heavy atom. The fourth-order valence-corrected chi connectivity index (χ4v) is 1.34. The van der Waals surface area contributed by atoms with Gasteiger partial charge < -0.3 is 5.84 Å². The molecular weight excluding hydrogens is 168 g/mol. The van der Waals surface area contributed by atoms with Crippen LogP contribution in [0.15, 0.2) is 23.4 Å². The van der Waals surface area contributed by atoms with Crippen LogP contribution in [-0.4, -0.2) is 23.7 Å². The van der Waals surface area contributed by atoms with Crippen LogP contribution in [0.2, 0.25) is 0 Å². The second kappa shape index (κ2) is 2.55. The zero-order valence-electron chi connectivity index (χ0n) is 7.06. The van der Waals surface area contributed by atoms with Crippen molar-refractivity contribution in [2.45, 2.75) is 0 Å². The lowest BCUT2D eigenvalue weighted by molar-refractivity contribution is -0.112. The van der Waals surface area contributed by atoms with Gasteiger partial charge in [0.15, 0.2) is 5.71 Å². The van der Waals surface area contributed by atoms with Crippen LogP contribution < -0.4 is 10.7 Å². The number of hydrogen-bond acceptors (Lipinski definition) is 4. The molecule has 0 fully saturated rings. The second-order valence-electron chi connectivity index (χ2n) is 2.72. The highest BCUT2D eigenvalue weighted by Gasteiger charge is 2.31. The van der Waals surface area contributed by atoms with E-state index in [-0.39, 0.29) is 11.6 Å². The number of aromatic nitrogens is 1. The standard InChI is InChI=1S/C8H8N4O/c1-12-7-5(3-2-4-10-7)6(11-9)8(12)13/h2-4H,9H2,1H3/b11-6+. The first-order chi connectivity index (χ1) is 6.25. The lowest BCUT2D eigenvalue weighted by Crippen LogP contribution is -2.26. The molecule has 2 heterocycles. The number of pyridine rings is 1. The SMILES string of the molecule is CN1C(=O)/C(=N/N)c2cccnc21. The molecule has 0 atom stereocenters. The van der Waals surface area contributed by atoms with Crippen molar-refractivity contribution in [3.05, 3.63) is 23.9 Å². The van der Waals surface area contributed by atoms with Crippen LogP contribution in [-0.2, 0) is 4.79 Å². The molecule has 1 aliphatic heterocycles. The van der Waals surface area contributed by atoms with Crippen molar-refractivity contribution in [3.8, 4) is 0 Å². The number of amides is 1. The molecule has 0 bridgehead atoms. The summed E-state index contributed by atoms with van der Waals surface area (Å²) in [6, 6.07) is 3.52. The van der Waals surface area contributed by atoms with E-state index in [1.165, 1.54) is 4.90 Å². The lowest BCUT2D eigenvalue weighted by Gasteiger charge is -2.05. The molecule has 13 heavy (non-hydrogen) atoms. The molecule has 1 aliphatic rings. The minimum absolute atomic E-state index is 0.212. The zero-order chi connectivity index (χ0) is 9.42. The van der Waals surface area contributed by atoms with Crippen LogP contribution in [0.25, 0.3) is 0 Å². The quantitative estimate of drug-likeness (QED) is 0.436. The third-order valence-corrected chi connectivity index (χ3v) is 2.00. The van der Waals surface area contributed by atoms with Gasteiger partial charge in [-0.05, 0) is 12.1 Å². The number of hydrazone groups is 1. The maximum absolute atomic E-state index is 11.5. The number of rotatable bonds is 0. The summed E-state index contributed by atoms with van der Waals surface area (Å²) in [7, 11) is 1.65. The normalized spacial score (nSPS) is 18.1. The van der Waals surface area contributed by atoms with Gasteiger partial charge in [-0.25, -0.2) is 4.98 Å². The van der Waals surface area contributed by atoms with Gasteiger partial charge in [0.25, 0.3) is 5.91 Å². The summed E-state index contributed by atoms with van der Waals surface area (Å²) in [5, 5.41) is 3.45. The van der Waals surface area contributed by atoms with Gasteiger partial charge in [-0.3, -0.25) is 9.69 Å². The molecule has 0 aromatic carbocycles. The number of anilines is 1. The van der Waals surface area contributed by atoms with E-state index in [4.69, 9.17) is 5.84 Å². The Morgan fingerprint density at radius 2 is 2.38 bits per heavy atom. The molecule has 5 heteroatoms. The molecule has 0 saturated heterocycles. The first-order valence-corrected chi connectivity index (χ1v) is 3.77. The number of hydrogen-bond donors (Lipinski definition) is 1. The topological polar surface area (TPSA) is 71.6 Å².